The summed E-state index contributed by atoms with van der Waals surface area (Å²) in [5.74, 6) is 0.396. The summed E-state index contributed by atoms with van der Waals surface area (Å²) in [6, 6.07) is 6.35. The summed E-state index contributed by atoms with van der Waals surface area (Å²) in [4.78, 5) is 14.8. The van der Waals surface area contributed by atoms with E-state index in [2.05, 4.69) is 27.7 Å². The van der Waals surface area contributed by atoms with Gasteiger partial charge in [0.2, 0.25) is 0 Å². The zero-order valence-corrected chi connectivity index (χ0v) is 11.8. The molecule has 1 aromatic heterocycles. The Bertz CT molecular complexity index is 747. The van der Waals surface area contributed by atoms with Gasteiger partial charge in [-0.15, -0.1) is 0 Å². The largest absolute Gasteiger partial charge is 0.496 e. The number of fused-ring (bicyclic) bond motifs is 1. The number of hydrogen-bond acceptors (Lipinski definition) is 6. The van der Waals surface area contributed by atoms with Crippen molar-refractivity contribution in [2.75, 3.05) is 7.11 Å². The number of hydrazone groups is 1. The van der Waals surface area contributed by atoms with Gasteiger partial charge in [0.1, 0.15) is 11.3 Å². The first-order chi connectivity index (χ1) is 10.0. The molecule has 2 aromatic rings. The maximum atomic E-state index is 11.1. The van der Waals surface area contributed by atoms with Gasteiger partial charge in [0.05, 0.1) is 30.0 Å². The summed E-state index contributed by atoms with van der Waals surface area (Å²) in [6.07, 6.45) is 1.37. The topological polar surface area (TPSA) is 116 Å². The number of nitrogens with one attached hydrogen (secondary N) is 1. The Kier molecular flexibility index (Phi) is 4.24. The zero-order chi connectivity index (χ0) is 15.4. The Morgan fingerprint density at radius 3 is 2.95 bits per heavy atom. The van der Waals surface area contributed by atoms with Crippen LogP contribution in [-0.4, -0.2) is 28.3 Å². The highest BCUT2D eigenvalue weighted by Crippen LogP contribution is 2.29. The number of ether oxygens (including phenoxy) is 1. The van der Waals surface area contributed by atoms with Gasteiger partial charge in [-0.2, -0.15) is 5.10 Å². The van der Waals surface area contributed by atoms with Crippen molar-refractivity contribution < 1.29 is 9.66 Å². The molecule has 0 unspecified atom stereocenters. The van der Waals surface area contributed by atoms with E-state index >= 15 is 0 Å². The van der Waals surface area contributed by atoms with Gasteiger partial charge in [-0.05, 0) is 24.4 Å². The first-order valence-electron chi connectivity index (χ1n) is 5.73. The van der Waals surface area contributed by atoms with Gasteiger partial charge >= 0.3 is 0 Å². The number of thiocarbonyl (C=S) groups is 1. The van der Waals surface area contributed by atoms with Crippen molar-refractivity contribution in [1.82, 2.24) is 10.4 Å². The van der Waals surface area contributed by atoms with Crippen molar-refractivity contribution >= 4 is 40.1 Å². The number of nitrogens with two attached hydrogens (primary N) is 1. The van der Waals surface area contributed by atoms with E-state index in [0.29, 0.717) is 16.8 Å². The predicted molar refractivity (Wildman–Crippen MR) is 82.5 cm³/mol. The summed E-state index contributed by atoms with van der Waals surface area (Å²) < 4.78 is 5.04. The third-order valence-electron chi connectivity index (χ3n) is 2.57. The molecular formula is C12H11N5O3S. The molecule has 0 aliphatic heterocycles. The average Bonchev–Trinajstić information content (AvgIpc) is 2.45. The summed E-state index contributed by atoms with van der Waals surface area (Å²) in [7, 11) is 1.45. The van der Waals surface area contributed by atoms with Crippen molar-refractivity contribution in [2.45, 2.75) is 0 Å². The molecule has 1 aromatic carbocycles. The van der Waals surface area contributed by atoms with Crippen LogP contribution in [0.2, 0.25) is 0 Å². The minimum absolute atomic E-state index is 0.0164. The van der Waals surface area contributed by atoms with Gasteiger partial charge < -0.3 is 10.5 Å². The Hall–Kier alpha value is -2.81. The smallest absolute Gasteiger partial charge is 0.299 e. The monoisotopic (exact) mass is 305 g/mol. The van der Waals surface area contributed by atoms with Crippen molar-refractivity contribution in [1.29, 1.82) is 0 Å². The molecule has 0 bridgehead atoms. The van der Waals surface area contributed by atoms with E-state index in [1.54, 1.807) is 18.2 Å². The van der Waals surface area contributed by atoms with Gasteiger partial charge in [0.25, 0.3) is 5.69 Å². The second kappa shape index (κ2) is 6.09. The summed E-state index contributed by atoms with van der Waals surface area (Å²) >= 11 is 4.60. The fourth-order valence-electron chi connectivity index (χ4n) is 1.70. The molecule has 0 atom stereocenters. The van der Waals surface area contributed by atoms with Crippen LogP contribution in [0.4, 0.5) is 5.69 Å². The van der Waals surface area contributed by atoms with Crippen LogP contribution in [0.5, 0.6) is 5.75 Å². The molecule has 8 nitrogen and oxygen atoms in total. The minimum atomic E-state index is -0.508. The van der Waals surface area contributed by atoms with Crippen LogP contribution in [0.1, 0.15) is 5.69 Å². The highest BCUT2D eigenvalue weighted by Gasteiger charge is 2.16. The number of nitro benzene ring substituents is 1. The molecule has 0 amide bonds. The van der Waals surface area contributed by atoms with E-state index in [4.69, 9.17) is 10.5 Å². The fourth-order valence-corrected chi connectivity index (χ4v) is 1.75. The first-order valence-corrected chi connectivity index (χ1v) is 6.14. The molecule has 1 heterocycles. The number of rotatable bonds is 4. The molecule has 0 saturated heterocycles. The van der Waals surface area contributed by atoms with Crippen molar-refractivity contribution in [3.05, 3.63) is 40.1 Å². The molecule has 3 N–H and O–H groups in total. The number of aromatic nitrogens is 1. The van der Waals surface area contributed by atoms with E-state index in [1.165, 1.54) is 19.4 Å². The SMILES string of the molecule is COc1cc([N+](=O)[O-])c2nc(/C=N\NC(N)=S)ccc2c1. The molecule has 0 saturated carbocycles. The molecule has 0 aliphatic rings. The number of nitro groups is 1. The number of benzene rings is 1. The number of nitrogens with zero attached hydrogens (tertiary/aromatic N) is 3. The number of hydrogen-bond donors (Lipinski definition) is 2. The quantitative estimate of drug-likeness (QED) is 0.379. The highest BCUT2D eigenvalue weighted by molar-refractivity contribution is 7.80. The van der Waals surface area contributed by atoms with Crippen LogP contribution >= 0.6 is 12.2 Å². The third kappa shape index (κ3) is 3.39. The lowest BCUT2D eigenvalue weighted by molar-refractivity contribution is -0.383. The van der Waals surface area contributed by atoms with Crippen molar-refractivity contribution in [2.24, 2.45) is 10.8 Å². The van der Waals surface area contributed by atoms with Crippen molar-refractivity contribution in [3.63, 3.8) is 0 Å². The van der Waals surface area contributed by atoms with Gasteiger partial charge in [-0.1, -0.05) is 6.07 Å². The summed E-state index contributed by atoms with van der Waals surface area (Å²) in [5.41, 5.74) is 8.15. The van der Waals surface area contributed by atoms with Crippen LogP contribution in [0.3, 0.4) is 0 Å². The number of non-ortho nitro benzene ring substituents is 1. The fraction of sp³-hybridized carbons (Fsp3) is 0.0833. The molecule has 0 spiro atoms. The van der Waals surface area contributed by atoms with Crippen LogP contribution in [-0.2, 0) is 0 Å². The van der Waals surface area contributed by atoms with E-state index in [0.717, 1.165) is 0 Å². The van der Waals surface area contributed by atoms with Crippen LogP contribution < -0.4 is 15.9 Å². The zero-order valence-electron chi connectivity index (χ0n) is 10.9. The second-order valence-corrected chi connectivity index (χ2v) is 4.39. The number of pyridine rings is 1. The molecule has 0 radical (unpaired) electrons. The highest BCUT2D eigenvalue weighted by atomic mass is 32.1. The maximum absolute atomic E-state index is 11.1. The lowest BCUT2D eigenvalue weighted by atomic mass is 10.1. The first kappa shape index (κ1) is 14.6. The van der Waals surface area contributed by atoms with Gasteiger partial charge in [0.15, 0.2) is 5.11 Å². The average molecular weight is 305 g/mol. The van der Waals surface area contributed by atoms with Crippen LogP contribution in [0, 0.1) is 10.1 Å². The Labute approximate surface area is 124 Å². The molecular weight excluding hydrogens is 294 g/mol. The molecule has 0 fully saturated rings. The van der Waals surface area contributed by atoms with Crippen LogP contribution in [0.15, 0.2) is 29.4 Å². The third-order valence-corrected chi connectivity index (χ3v) is 2.66. The molecule has 2 rings (SSSR count). The maximum Gasteiger partial charge on any atom is 0.299 e. The van der Waals surface area contributed by atoms with Crippen molar-refractivity contribution in [3.8, 4) is 5.75 Å². The molecule has 9 heteroatoms. The van der Waals surface area contributed by atoms with E-state index in [1.807, 2.05) is 0 Å². The molecule has 0 aliphatic carbocycles. The normalized spacial score (nSPS) is 10.7. The standard InChI is InChI=1S/C12H11N5O3S/c1-20-9-4-7-2-3-8(6-14-16-12(13)21)15-11(7)10(5-9)17(18)19/h2-6H,1H3,(H3,13,16,21)/b14-6-. The lowest BCUT2D eigenvalue weighted by Crippen LogP contribution is -2.24. The summed E-state index contributed by atoms with van der Waals surface area (Å²) in [6.45, 7) is 0. The van der Waals surface area contributed by atoms with E-state index < -0.39 is 4.92 Å². The molecule has 108 valence electrons. The molecule has 21 heavy (non-hydrogen) atoms. The Morgan fingerprint density at radius 1 is 1.57 bits per heavy atom. The Balaban J connectivity index is 2.50. The van der Waals surface area contributed by atoms with E-state index in [-0.39, 0.29) is 16.3 Å². The lowest BCUT2D eigenvalue weighted by Gasteiger charge is -2.04. The van der Waals surface area contributed by atoms with Gasteiger partial charge in [-0.3, -0.25) is 15.5 Å². The Morgan fingerprint density at radius 2 is 2.33 bits per heavy atom. The minimum Gasteiger partial charge on any atom is -0.496 e. The van der Waals surface area contributed by atoms with Gasteiger partial charge in [0, 0.05) is 5.39 Å². The second-order valence-electron chi connectivity index (χ2n) is 3.95. The predicted octanol–water partition coefficient (Wildman–Crippen LogP) is 1.32. The van der Waals surface area contributed by atoms with Gasteiger partial charge in [-0.25, -0.2) is 4.98 Å². The summed E-state index contributed by atoms with van der Waals surface area (Å²) in [5, 5.41) is 15.5. The van der Waals surface area contributed by atoms with Crippen LogP contribution in [0.25, 0.3) is 10.9 Å². The van der Waals surface area contributed by atoms with E-state index in [9.17, 15) is 10.1 Å². The number of methoxy groups -OCH3 is 1.